The molecule has 4 heteroatoms. The minimum atomic E-state index is 0.604. The Bertz CT molecular complexity index is 495. The minimum Gasteiger partial charge on any atom is -0.493 e. The van der Waals surface area contributed by atoms with Crippen molar-refractivity contribution < 1.29 is 9.47 Å². The Labute approximate surface area is 125 Å². The maximum atomic E-state index is 6.22. The van der Waals surface area contributed by atoms with E-state index in [9.17, 15) is 0 Å². The molecule has 0 spiro atoms. The van der Waals surface area contributed by atoms with Crippen LogP contribution in [0.3, 0.4) is 0 Å². The van der Waals surface area contributed by atoms with E-state index in [-0.39, 0.29) is 0 Å². The number of rotatable bonds is 7. The molecule has 3 nitrogen and oxygen atoms in total. The van der Waals surface area contributed by atoms with Crippen LogP contribution in [0.15, 0.2) is 12.1 Å². The molecule has 0 atom stereocenters. The fraction of sp³-hybridized carbons (Fsp3) is 0.625. The highest BCUT2D eigenvalue weighted by Gasteiger charge is 2.53. The zero-order valence-electron chi connectivity index (χ0n) is 12.2. The topological polar surface area (TPSA) is 30.5 Å². The van der Waals surface area contributed by atoms with Crippen molar-refractivity contribution >= 4 is 11.6 Å². The Hall–Kier alpha value is -0.930. The van der Waals surface area contributed by atoms with Crippen LogP contribution in [0.4, 0.5) is 0 Å². The highest BCUT2D eigenvalue weighted by atomic mass is 35.5. The molecule has 1 aromatic rings. The van der Waals surface area contributed by atoms with E-state index in [2.05, 4.69) is 5.32 Å². The second-order valence-electron chi connectivity index (χ2n) is 6.05. The van der Waals surface area contributed by atoms with Gasteiger partial charge in [-0.05, 0) is 54.7 Å². The van der Waals surface area contributed by atoms with Crippen molar-refractivity contribution in [2.24, 2.45) is 11.3 Å². The van der Waals surface area contributed by atoms with Gasteiger partial charge in [0.1, 0.15) is 0 Å². The van der Waals surface area contributed by atoms with E-state index in [1.807, 2.05) is 12.1 Å². The summed E-state index contributed by atoms with van der Waals surface area (Å²) in [5.41, 5.74) is 1.76. The van der Waals surface area contributed by atoms with E-state index in [1.165, 1.54) is 25.7 Å². The summed E-state index contributed by atoms with van der Waals surface area (Å²) >= 11 is 6.22. The first-order valence-corrected chi connectivity index (χ1v) is 7.67. The van der Waals surface area contributed by atoms with Crippen LogP contribution in [0.2, 0.25) is 5.02 Å². The van der Waals surface area contributed by atoms with Crippen molar-refractivity contribution in [2.45, 2.75) is 32.2 Å². The number of nitrogens with one attached hydrogen (secondary N) is 1. The van der Waals surface area contributed by atoms with Gasteiger partial charge >= 0.3 is 0 Å². The molecule has 2 fully saturated rings. The molecule has 0 amide bonds. The molecule has 1 N–H and O–H groups in total. The minimum absolute atomic E-state index is 0.604. The summed E-state index contributed by atoms with van der Waals surface area (Å²) in [6.45, 7) is 1.96. The summed E-state index contributed by atoms with van der Waals surface area (Å²) in [7, 11) is 3.24. The predicted octanol–water partition coefficient (Wildman–Crippen LogP) is 3.64. The quantitative estimate of drug-likeness (QED) is 0.833. The summed E-state index contributed by atoms with van der Waals surface area (Å²) in [5.74, 6) is 2.29. The van der Waals surface area contributed by atoms with Gasteiger partial charge in [0, 0.05) is 13.1 Å². The molecule has 0 heterocycles. The second kappa shape index (κ2) is 5.45. The van der Waals surface area contributed by atoms with Gasteiger partial charge in [-0.3, -0.25) is 0 Å². The van der Waals surface area contributed by atoms with Gasteiger partial charge in [-0.15, -0.1) is 0 Å². The van der Waals surface area contributed by atoms with Gasteiger partial charge in [-0.1, -0.05) is 11.6 Å². The van der Waals surface area contributed by atoms with Crippen LogP contribution in [0.5, 0.6) is 11.5 Å². The maximum absolute atomic E-state index is 6.22. The first kappa shape index (κ1) is 14.0. The van der Waals surface area contributed by atoms with E-state index in [1.54, 1.807) is 14.2 Å². The smallest absolute Gasteiger partial charge is 0.179 e. The Balaban J connectivity index is 1.61. The number of hydrogen-bond donors (Lipinski definition) is 1. The van der Waals surface area contributed by atoms with E-state index in [0.717, 1.165) is 24.6 Å². The molecule has 0 saturated heterocycles. The summed E-state index contributed by atoms with van der Waals surface area (Å²) < 4.78 is 10.6. The van der Waals surface area contributed by atoms with Crippen LogP contribution in [0, 0.1) is 11.3 Å². The lowest BCUT2D eigenvalue weighted by molar-refractivity contribution is 0.354. The highest BCUT2D eigenvalue weighted by molar-refractivity contribution is 6.32. The zero-order chi connectivity index (χ0) is 14.2. The fourth-order valence-corrected chi connectivity index (χ4v) is 3.43. The molecule has 0 radical (unpaired) electrons. The lowest BCUT2D eigenvalue weighted by Gasteiger charge is -2.16. The van der Waals surface area contributed by atoms with Gasteiger partial charge in [-0.2, -0.15) is 0 Å². The molecular weight excluding hydrogens is 274 g/mol. The van der Waals surface area contributed by atoms with E-state index in [4.69, 9.17) is 21.1 Å². The molecule has 110 valence electrons. The molecule has 3 rings (SSSR count). The van der Waals surface area contributed by atoms with Gasteiger partial charge < -0.3 is 14.8 Å². The first-order chi connectivity index (χ1) is 9.68. The van der Waals surface area contributed by atoms with Gasteiger partial charge in [0.25, 0.3) is 0 Å². The van der Waals surface area contributed by atoms with Crippen molar-refractivity contribution in [1.29, 1.82) is 0 Å². The van der Waals surface area contributed by atoms with Gasteiger partial charge in [0.2, 0.25) is 0 Å². The second-order valence-corrected chi connectivity index (χ2v) is 6.46. The Kier molecular flexibility index (Phi) is 3.83. The lowest BCUT2D eigenvalue weighted by Crippen LogP contribution is -2.25. The number of hydrogen-bond acceptors (Lipinski definition) is 3. The van der Waals surface area contributed by atoms with E-state index < -0.39 is 0 Å². The number of methoxy groups -OCH3 is 2. The van der Waals surface area contributed by atoms with Crippen molar-refractivity contribution in [3.8, 4) is 11.5 Å². The Morgan fingerprint density at radius 1 is 1.25 bits per heavy atom. The van der Waals surface area contributed by atoms with Gasteiger partial charge in [0.05, 0.1) is 19.2 Å². The van der Waals surface area contributed by atoms with Gasteiger partial charge in [-0.25, -0.2) is 0 Å². The lowest BCUT2D eigenvalue weighted by atomic mass is 10.0. The molecule has 0 unspecified atom stereocenters. The fourth-order valence-electron chi connectivity index (χ4n) is 3.11. The maximum Gasteiger partial charge on any atom is 0.179 e. The molecule has 2 saturated carbocycles. The van der Waals surface area contributed by atoms with Crippen LogP contribution in [0.25, 0.3) is 0 Å². The predicted molar refractivity (Wildman–Crippen MR) is 80.7 cm³/mol. The third-order valence-electron chi connectivity index (χ3n) is 4.64. The van der Waals surface area contributed by atoms with E-state index >= 15 is 0 Å². The number of halogens is 1. The van der Waals surface area contributed by atoms with Crippen molar-refractivity contribution in [1.82, 2.24) is 5.32 Å². The Morgan fingerprint density at radius 3 is 2.55 bits per heavy atom. The van der Waals surface area contributed by atoms with E-state index in [0.29, 0.717) is 21.9 Å². The summed E-state index contributed by atoms with van der Waals surface area (Å²) in [6.07, 6.45) is 5.67. The molecule has 0 bridgehead atoms. The largest absolute Gasteiger partial charge is 0.493 e. The van der Waals surface area contributed by atoms with Crippen molar-refractivity contribution in [3.05, 3.63) is 22.7 Å². The van der Waals surface area contributed by atoms with Crippen molar-refractivity contribution in [3.63, 3.8) is 0 Å². The van der Waals surface area contributed by atoms with Crippen LogP contribution in [-0.2, 0) is 6.54 Å². The third kappa shape index (κ3) is 2.75. The molecule has 1 aromatic carbocycles. The molecule has 0 aromatic heterocycles. The normalized spacial score (nSPS) is 19.8. The summed E-state index contributed by atoms with van der Waals surface area (Å²) in [6, 6.07) is 3.95. The van der Waals surface area contributed by atoms with Crippen molar-refractivity contribution in [2.75, 3.05) is 20.8 Å². The molecule has 20 heavy (non-hydrogen) atoms. The third-order valence-corrected chi connectivity index (χ3v) is 4.92. The van der Waals surface area contributed by atoms with Crippen LogP contribution in [0.1, 0.15) is 31.2 Å². The van der Waals surface area contributed by atoms with Gasteiger partial charge in [0.15, 0.2) is 11.5 Å². The van der Waals surface area contributed by atoms with Crippen LogP contribution < -0.4 is 14.8 Å². The molecule has 2 aliphatic carbocycles. The molecular formula is C16H22ClNO2. The SMILES string of the molecule is COc1cc(CNCC2(C3CC3)CC2)cc(Cl)c1OC. The zero-order valence-corrected chi connectivity index (χ0v) is 12.9. The number of ether oxygens (including phenoxy) is 2. The Morgan fingerprint density at radius 2 is 2.00 bits per heavy atom. The van der Waals surface area contributed by atoms with Crippen LogP contribution in [-0.4, -0.2) is 20.8 Å². The molecule has 2 aliphatic rings. The standard InChI is InChI=1S/C16H22ClNO2/c1-19-14-8-11(7-13(17)15(14)20-2)9-18-10-16(5-6-16)12-3-4-12/h7-8,12,18H,3-6,9-10H2,1-2H3. The average molecular weight is 296 g/mol. The van der Waals surface area contributed by atoms with Crippen LogP contribution >= 0.6 is 11.6 Å². The summed E-state index contributed by atoms with van der Waals surface area (Å²) in [5, 5.41) is 4.19. The monoisotopic (exact) mass is 295 g/mol. The summed E-state index contributed by atoms with van der Waals surface area (Å²) in [4.78, 5) is 0. The average Bonchev–Trinajstić information content (AvgIpc) is 3.30. The first-order valence-electron chi connectivity index (χ1n) is 7.29. The molecule has 0 aliphatic heterocycles. The number of benzene rings is 1. The highest BCUT2D eigenvalue weighted by Crippen LogP contribution is 2.60.